The molecule has 0 bridgehead atoms. The van der Waals surface area contributed by atoms with Gasteiger partial charge in [0.2, 0.25) is 17.7 Å². The van der Waals surface area contributed by atoms with Crippen molar-refractivity contribution in [2.75, 3.05) is 26.2 Å². The zero-order valence-electron chi connectivity index (χ0n) is 31.3. The Bertz CT molecular complexity index is 1710. The number of rotatable bonds is 15. The van der Waals surface area contributed by atoms with Gasteiger partial charge in [-0.15, -0.1) is 11.6 Å². The molecular formula is C36H53ClN6O12S. The van der Waals surface area contributed by atoms with Gasteiger partial charge in [-0.3, -0.25) is 24.3 Å². The van der Waals surface area contributed by atoms with Gasteiger partial charge in [-0.05, 0) is 49.5 Å². The molecule has 1 aromatic carbocycles. The van der Waals surface area contributed by atoms with E-state index < -0.39 is 95.0 Å². The third-order valence-corrected chi connectivity index (χ3v) is 12.1. The lowest BCUT2D eigenvalue weighted by molar-refractivity contribution is -0.282. The lowest BCUT2D eigenvalue weighted by atomic mass is 9.82. The molecule has 5 rings (SSSR count). The van der Waals surface area contributed by atoms with E-state index >= 15 is 0 Å². The van der Waals surface area contributed by atoms with Gasteiger partial charge in [0.05, 0.1) is 18.1 Å². The number of nitrogens with one attached hydrogen (secondary N) is 3. The van der Waals surface area contributed by atoms with Gasteiger partial charge in [0.15, 0.2) is 12.2 Å². The molecule has 0 spiro atoms. The van der Waals surface area contributed by atoms with Crippen molar-refractivity contribution in [2.45, 2.75) is 113 Å². The number of carbonyl (C=O) groups is 3. The van der Waals surface area contributed by atoms with Crippen LogP contribution in [0.4, 0.5) is 0 Å². The summed E-state index contributed by atoms with van der Waals surface area (Å²) in [6.07, 6.45) is -4.83. The van der Waals surface area contributed by atoms with Crippen LogP contribution in [0.25, 0.3) is 0 Å². The van der Waals surface area contributed by atoms with Gasteiger partial charge in [0.1, 0.15) is 36.5 Å². The molecule has 3 heterocycles. The van der Waals surface area contributed by atoms with Crippen LogP contribution in [0.3, 0.4) is 0 Å². The number of fused-ring (bicyclic) bond motifs is 1. The Hall–Kier alpha value is -3.40. The van der Waals surface area contributed by atoms with Crippen LogP contribution in [0.5, 0.6) is 0 Å². The Morgan fingerprint density at radius 2 is 1.84 bits per heavy atom. The molecule has 3 amide bonds. The molecule has 18 nitrogen and oxygen atoms in total. The van der Waals surface area contributed by atoms with E-state index in [0.29, 0.717) is 44.3 Å². The third kappa shape index (κ3) is 11.0. The average molecular weight is 829 g/mol. The van der Waals surface area contributed by atoms with Crippen molar-refractivity contribution in [1.29, 1.82) is 5.41 Å². The highest BCUT2D eigenvalue weighted by molar-refractivity contribution is 7.80. The van der Waals surface area contributed by atoms with Gasteiger partial charge in [0.25, 0.3) is 0 Å². The lowest BCUT2D eigenvalue weighted by Crippen LogP contribution is -2.61. The molecule has 0 radical (unpaired) electrons. The monoisotopic (exact) mass is 828 g/mol. The first kappa shape index (κ1) is 43.7. The fourth-order valence-corrected chi connectivity index (χ4v) is 8.51. The summed E-state index contributed by atoms with van der Waals surface area (Å²) in [5.74, 6) is -2.35. The molecule has 1 saturated carbocycles. The Morgan fingerprint density at radius 1 is 1.12 bits per heavy atom. The molecule has 11 atom stereocenters. The Labute approximate surface area is 331 Å². The topological polar surface area (TPSA) is 274 Å². The minimum absolute atomic E-state index is 0.00619. The molecule has 0 aromatic heterocycles. The van der Waals surface area contributed by atoms with Crippen LogP contribution in [0.15, 0.2) is 42.0 Å². The van der Waals surface area contributed by atoms with E-state index in [0.717, 1.165) is 5.57 Å². The fourth-order valence-electron chi connectivity index (χ4n) is 7.86. The average Bonchev–Trinajstić information content (AvgIpc) is 3.78. The fraction of sp³-hybridized carbons (Fsp3) is 0.667. The highest BCUT2D eigenvalue weighted by atomic mass is 35.5. The van der Waals surface area contributed by atoms with E-state index in [-0.39, 0.29) is 37.2 Å². The van der Waals surface area contributed by atoms with E-state index in [4.69, 9.17) is 36.8 Å². The normalized spacial score (nSPS) is 29.6. The smallest absolute Gasteiger partial charge is 0.387 e. The molecule has 0 unspecified atom stereocenters. The molecule has 9 N–H and O–H groups in total. The highest BCUT2D eigenvalue weighted by Gasteiger charge is 2.52. The molecule has 3 aliphatic heterocycles. The lowest BCUT2D eigenvalue weighted by Gasteiger charge is -2.42. The van der Waals surface area contributed by atoms with Gasteiger partial charge in [-0.2, -0.15) is 8.42 Å². The van der Waals surface area contributed by atoms with Crippen LogP contribution >= 0.6 is 11.6 Å². The summed E-state index contributed by atoms with van der Waals surface area (Å²) >= 11 is 6.86. The maximum atomic E-state index is 14.8. The van der Waals surface area contributed by atoms with Crippen LogP contribution < -0.4 is 16.4 Å². The number of carbonyl (C=O) groups excluding carboxylic acids is 3. The molecule has 312 valence electrons. The number of nitrogens with two attached hydrogens (primary N) is 1. The Balaban J connectivity index is 1.34. The number of likely N-dealkylation sites (tertiary alicyclic amines) is 1. The summed E-state index contributed by atoms with van der Waals surface area (Å²) in [7, 11) is -4.95. The minimum atomic E-state index is -4.95. The Morgan fingerprint density at radius 3 is 2.48 bits per heavy atom. The quantitative estimate of drug-likeness (QED) is 0.0361. The van der Waals surface area contributed by atoms with Gasteiger partial charge >= 0.3 is 10.4 Å². The summed E-state index contributed by atoms with van der Waals surface area (Å²) in [4.78, 5) is 45.4. The first-order valence-corrected chi connectivity index (χ1v) is 20.6. The van der Waals surface area contributed by atoms with E-state index in [1.54, 1.807) is 43.0 Å². The zero-order chi connectivity index (χ0) is 40.9. The van der Waals surface area contributed by atoms with E-state index in [2.05, 4.69) is 14.8 Å². The first-order valence-electron chi connectivity index (χ1n) is 18.8. The van der Waals surface area contributed by atoms with Crippen LogP contribution in [-0.2, 0) is 44.9 Å². The number of alkyl halides is 1. The first-order chi connectivity index (χ1) is 26.4. The molecule has 2 saturated heterocycles. The number of halogens is 1. The second-order valence-electron chi connectivity index (χ2n) is 15.2. The van der Waals surface area contributed by atoms with Crippen molar-refractivity contribution in [3.05, 3.63) is 47.5 Å². The number of amides is 3. The van der Waals surface area contributed by atoms with E-state index in [1.165, 1.54) is 4.90 Å². The number of ether oxygens (including phenoxy) is 2. The molecule has 1 aromatic rings. The maximum Gasteiger partial charge on any atom is 0.397 e. The van der Waals surface area contributed by atoms with Crippen molar-refractivity contribution in [2.24, 2.45) is 17.6 Å². The maximum absolute atomic E-state index is 14.8. The van der Waals surface area contributed by atoms with Crippen LogP contribution in [0.2, 0.25) is 0 Å². The predicted molar refractivity (Wildman–Crippen MR) is 201 cm³/mol. The summed E-state index contributed by atoms with van der Waals surface area (Å²) in [5, 5.41) is 44.5. The summed E-state index contributed by atoms with van der Waals surface area (Å²) in [5.41, 5.74) is 7.32. The largest absolute Gasteiger partial charge is 0.397 e. The molecule has 56 heavy (non-hydrogen) atoms. The van der Waals surface area contributed by atoms with Gasteiger partial charge in [-0.25, -0.2) is 4.18 Å². The van der Waals surface area contributed by atoms with Gasteiger partial charge < -0.3 is 51.0 Å². The van der Waals surface area contributed by atoms with Crippen molar-refractivity contribution in [3.63, 3.8) is 0 Å². The number of nitrogens with zero attached hydrogens (tertiary/aromatic N) is 2. The molecule has 3 fully saturated rings. The molecule has 4 aliphatic rings. The number of aliphatic hydroxyl groups excluding tert-OH is 3. The molecule has 1 aliphatic carbocycles. The highest BCUT2D eigenvalue weighted by Crippen LogP contribution is 2.42. The van der Waals surface area contributed by atoms with Gasteiger partial charge in [0, 0.05) is 32.1 Å². The second-order valence-corrected chi connectivity index (χ2v) is 16.7. The van der Waals surface area contributed by atoms with Crippen LogP contribution in [0.1, 0.15) is 51.5 Å². The number of benzene rings is 1. The minimum Gasteiger partial charge on any atom is -0.387 e. The van der Waals surface area contributed by atoms with Crippen LogP contribution in [-0.4, -0.2) is 148 Å². The molecular weight excluding hydrogens is 776 g/mol. The summed E-state index contributed by atoms with van der Waals surface area (Å²) in [6, 6.07) is 6.01. The predicted octanol–water partition coefficient (Wildman–Crippen LogP) is -0.599. The van der Waals surface area contributed by atoms with Gasteiger partial charge in [-0.1, -0.05) is 55.8 Å². The van der Waals surface area contributed by atoms with E-state index in [1.807, 2.05) is 12.1 Å². The summed E-state index contributed by atoms with van der Waals surface area (Å²) in [6.45, 7) is 4.27. The van der Waals surface area contributed by atoms with Crippen molar-refractivity contribution < 1.29 is 56.3 Å². The third-order valence-electron chi connectivity index (χ3n) is 10.9. The standard InChI is InChI=1S/C36H53ClN6O12S/c1-19(2)28(37)29(41-33(48)26(44)14-20-6-4-3-5-7-20)34(49)43-24-16-23(54-35-31(46)30(45)27(18-53-35)55-56(50,51)52)9-8-22(24)15-25(43)32(47)40-12-10-21-11-13-42(17-21)36(38)39/h3-7,11,19,22-31,35,44-46H,8-10,12-18H2,1-2H3,(H3,38,39)(H,40,47)(H,41,48)(H,50,51,52)/t22-,23+,24-,25-,26+,27+,28+,29+,30-,31+,35+/m0/s1. The van der Waals surface area contributed by atoms with E-state index in [9.17, 15) is 38.1 Å². The van der Waals surface area contributed by atoms with Crippen molar-refractivity contribution >= 4 is 45.7 Å². The number of aliphatic hydroxyl groups is 3. The number of hydrogen-bond donors (Lipinski definition) is 8. The zero-order valence-corrected chi connectivity index (χ0v) is 32.8. The van der Waals surface area contributed by atoms with Crippen molar-refractivity contribution in [3.8, 4) is 0 Å². The summed E-state index contributed by atoms with van der Waals surface area (Å²) < 4.78 is 47.4. The number of guanidine groups is 1. The molecule has 20 heteroatoms. The number of hydrogen-bond acceptors (Lipinski definition) is 12. The SMILES string of the molecule is CC(C)[C@@H](Cl)[C@@H](NC(=O)[C@H](O)Cc1ccccc1)C(=O)N1[C@H](C(=O)NCCC2=CCN(C(=N)N)C2)C[C@@H]2CC[C@@H](O[C@H]3OC[C@@H](OS(=O)(=O)O)[C@H](O)[C@H]3O)C[C@@H]21. The second kappa shape index (κ2) is 18.9. The van der Waals surface area contributed by atoms with Crippen molar-refractivity contribution in [1.82, 2.24) is 20.4 Å². The van der Waals surface area contributed by atoms with Crippen LogP contribution in [0, 0.1) is 17.2 Å². The Kier molecular flexibility index (Phi) is 14.8.